The number of hydrogen-bond acceptors (Lipinski definition) is 2. The average Bonchev–Trinajstić information content (AvgIpc) is 2.20. The maximum Gasteiger partial charge on any atom is 0.0602 e. The monoisotopic (exact) mass is 182 g/mol. The van der Waals surface area contributed by atoms with Gasteiger partial charge in [0.2, 0.25) is 0 Å². The summed E-state index contributed by atoms with van der Waals surface area (Å²) in [6, 6.07) is 0. The Labute approximate surface area is 82.9 Å². The SMILES string of the molecule is CC.CC#CCN1CCN(C)CC1. The van der Waals surface area contributed by atoms with Crippen molar-refractivity contribution in [1.82, 2.24) is 9.80 Å². The van der Waals surface area contributed by atoms with E-state index in [0.29, 0.717) is 0 Å². The Morgan fingerprint density at radius 3 is 2.08 bits per heavy atom. The van der Waals surface area contributed by atoms with Crippen LogP contribution in [0.4, 0.5) is 0 Å². The van der Waals surface area contributed by atoms with Crippen LogP contribution in [0.5, 0.6) is 0 Å². The smallest absolute Gasteiger partial charge is 0.0602 e. The van der Waals surface area contributed by atoms with Crippen LogP contribution in [0.15, 0.2) is 0 Å². The summed E-state index contributed by atoms with van der Waals surface area (Å²) < 4.78 is 0. The van der Waals surface area contributed by atoms with Gasteiger partial charge in [0.1, 0.15) is 0 Å². The van der Waals surface area contributed by atoms with Crippen molar-refractivity contribution in [2.24, 2.45) is 0 Å². The minimum atomic E-state index is 0.949. The highest BCUT2D eigenvalue weighted by Crippen LogP contribution is 1.96. The van der Waals surface area contributed by atoms with Crippen LogP contribution in [-0.2, 0) is 0 Å². The summed E-state index contributed by atoms with van der Waals surface area (Å²) in [6.07, 6.45) is 0. The van der Waals surface area contributed by atoms with Crippen molar-refractivity contribution in [3.8, 4) is 11.8 Å². The van der Waals surface area contributed by atoms with E-state index in [1.54, 1.807) is 0 Å². The fraction of sp³-hybridized carbons (Fsp3) is 0.818. The molecule has 13 heavy (non-hydrogen) atoms. The van der Waals surface area contributed by atoms with Crippen LogP contribution in [0.1, 0.15) is 20.8 Å². The number of piperazine rings is 1. The van der Waals surface area contributed by atoms with Gasteiger partial charge >= 0.3 is 0 Å². The highest BCUT2D eigenvalue weighted by atomic mass is 15.2. The second-order valence-electron chi connectivity index (χ2n) is 3.01. The maximum atomic E-state index is 3.09. The quantitative estimate of drug-likeness (QED) is 0.564. The molecule has 1 rings (SSSR count). The summed E-state index contributed by atoms with van der Waals surface area (Å²) in [5.41, 5.74) is 0. The van der Waals surface area contributed by atoms with Crippen molar-refractivity contribution in [3.63, 3.8) is 0 Å². The maximum absolute atomic E-state index is 3.09. The van der Waals surface area contributed by atoms with Crippen molar-refractivity contribution in [2.75, 3.05) is 39.8 Å². The van der Waals surface area contributed by atoms with Crippen LogP contribution in [0.2, 0.25) is 0 Å². The standard InChI is InChI=1S/C9H16N2.C2H6/c1-3-4-5-11-8-6-10(2)7-9-11;1-2/h5-9H2,1-2H3;1-2H3. The first kappa shape index (κ1) is 12.5. The molecule has 0 aromatic heterocycles. The van der Waals surface area contributed by atoms with Crippen molar-refractivity contribution in [1.29, 1.82) is 0 Å². The Kier molecular flexibility index (Phi) is 7.77. The highest BCUT2D eigenvalue weighted by molar-refractivity contribution is 4.98. The number of nitrogens with zero attached hydrogens (tertiary/aromatic N) is 2. The van der Waals surface area contributed by atoms with Crippen LogP contribution < -0.4 is 0 Å². The molecule has 1 saturated heterocycles. The Morgan fingerprint density at radius 1 is 1.08 bits per heavy atom. The summed E-state index contributed by atoms with van der Waals surface area (Å²) >= 11 is 0. The van der Waals surface area contributed by atoms with Crippen molar-refractivity contribution in [3.05, 3.63) is 0 Å². The molecule has 0 aliphatic carbocycles. The normalized spacial score (nSPS) is 18.2. The Hall–Kier alpha value is -0.520. The molecule has 0 bridgehead atoms. The Bertz CT molecular complexity index is 159. The fourth-order valence-corrected chi connectivity index (χ4v) is 1.20. The van der Waals surface area contributed by atoms with Crippen molar-refractivity contribution >= 4 is 0 Å². The Balaban J connectivity index is 0.000000671. The highest BCUT2D eigenvalue weighted by Gasteiger charge is 2.11. The molecule has 1 aliphatic heterocycles. The predicted octanol–water partition coefficient (Wildman–Crippen LogP) is 1.28. The summed E-state index contributed by atoms with van der Waals surface area (Å²) in [6.45, 7) is 11.6. The first-order valence-electron chi connectivity index (χ1n) is 5.13. The van der Waals surface area contributed by atoms with Crippen LogP contribution in [0.3, 0.4) is 0 Å². The second kappa shape index (κ2) is 8.10. The molecule has 76 valence electrons. The molecule has 1 aliphatic rings. The molecule has 2 heteroatoms. The van der Waals surface area contributed by atoms with E-state index in [1.165, 1.54) is 26.2 Å². The van der Waals surface area contributed by atoms with E-state index in [-0.39, 0.29) is 0 Å². The van der Waals surface area contributed by atoms with Gasteiger partial charge in [-0.2, -0.15) is 0 Å². The lowest BCUT2D eigenvalue weighted by Gasteiger charge is -2.30. The van der Waals surface area contributed by atoms with E-state index in [9.17, 15) is 0 Å². The predicted molar refractivity (Wildman–Crippen MR) is 58.7 cm³/mol. The van der Waals surface area contributed by atoms with Gasteiger partial charge in [-0.3, -0.25) is 4.90 Å². The second-order valence-corrected chi connectivity index (χ2v) is 3.01. The van der Waals surface area contributed by atoms with Crippen LogP contribution in [0.25, 0.3) is 0 Å². The lowest BCUT2D eigenvalue weighted by molar-refractivity contribution is 0.168. The van der Waals surface area contributed by atoms with E-state index in [4.69, 9.17) is 0 Å². The first-order chi connectivity index (χ1) is 6.33. The van der Waals surface area contributed by atoms with Gasteiger partial charge in [0.15, 0.2) is 0 Å². The van der Waals surface area contributed by atoms with Gasteiger partial charge in [-0.1, -0.05) is 19.8 Å². The van der Waals surface area contributed by atoms with E-state index in [2.05, 4.69) is 28.7 Å². The molecule has 0 spiro atoms. The van der Waals surface area contributed by atoms with Gasteiger partial charge < -0.3 is 4.90 Å². The molecule has 0 N–H and O–H groups in total. The fourth-order valence-electron chi connectivity index (χ4n) is 1.20. The zero-order chi connectivity index (χ0) is 10.1. The first-order valence-corrected chi connectivity index (χ1v) is 5.13. The molecule has 0 radical (unpaired) electrons. The van der Waals surface area contributed by atoms with Gasteiger partial charge in [0, 0.05) is 26.2 Å². The van der Waals surface area contributed by atoms with Gasteiger partial charge in [0.05, 0.1) is 6.54 Å². The third-order valence-corrected chi connectivity index (χ3v) is 2.08. The topological polar surface area (TPSA) is 6.48 Å². The number of likely N-dealkylation sites (N-methyl/N-ethyl adjacent to an activating group) is 1. The average molecular weight is 182 g/mol. The number of hydrogen-bond donors (Lipinski definition) is 0. The zero-order valence-electron chi connectivity index (χ0n) is 9.43. The largest absolute Gasteiger partial charge is 0.304 e. The minimum Gasteiger partial charge on any atom is -0.304 e. The minimum absolute atomic E-state index is 0.949. The zero-order valence-corrected chi connectivity index (χ0v) is 9.43. The molecular weight excluding hydrogens is 160 g/mol. The van der Waals surface area contributed by atoms with Crippen LogP contribution >= 0.6 is 0 Å². The molecule has 0 amide bonds. The summed E-state index contributed by atoms with van der Waals surface area (Å²) in [5, 5.41) is 0. The molecule has 0 saturated carbocycles. The molecule has 1 fully saturated rings. The van der Waals surface area contributed by atoms with Gasteiger partial charge in [-0.25, -0.2) is 0 Å². The third kappa shape index (κ3) is 5.68. The van der Waals surface area contributed by atoms with Crippen LogP contribution in [-0.4, -0.2) is 49.6 Å². The molecule has 1 heterocycles. The summed E-state index contributed by atoms with van der Waals surface area (Å²) in [4.78, 5) is 4.76. The molecule has 0 aromatic carbocycles. The summed E-state index contributed by atoms with van der Waals surface area (Å²) in [7, 11) is 2.17. The number of rotatable bonds is 1. The van der Waals surface area contributed by atoms with E-state index in [0.717, 1.165) is 6.54 Å². The molecular formula is C11H22N2. The van der Waals surface area contributed by atoms with Crippen molar-refractivity contribution in [2.45, 2.75) is 20.8 Å². The van der Waals surface area contributed by atoms with Gasteiger partial charge in [0.25, 0.3) is 0 Å². The van der Waals surface area contributed by atoms with Gasteiger partial charge in [-0.15, -0.1) is 5.92 Å². The molecule has 0 unspecified atom stereocenters. The molecule has 0 aromatic rings. The van der Waals surface area contributed by atoms with Crippen molar-refractivity contribution < 1.29 is 0 Å². The van der Waals surface area contributed by atoms with Gasteiger partial charge in [-0.05, 0) is 14.0 Å². The van der Waals surface area contributed by atoms with Crippen LogP contribution in [0, 0.1) is 11.8 Å². The lowest BCUT2D eigenvalue weighted by atomic mass is 10.3. The summed E-state index contributed by atoms with van der Waals surface area (Å²) in [5.74, 6) is 6.01. The van der Waals surface area contributed by atoms with E-state index >= 15 is 0 Å². The molecule has 2 nitrogen and oxygen atoms in total. The lowest BCUT2D eigenvalue weighted by Crippen LogP contribution is -2.44. The van der Waals surface area contributed by atoms with E-state index < -0.39 is 0 Å². The Morgan fingerprint density at radius 2 is 1.62 bits per heavy atom. The molecule has 0 atom stereocenters. The van der Waals surface area contributed by atoms with E-state index in [1.807, 2.05) is 20.8 Å². The third-order valence-electron chi connectivity index (χ3n) is 2.08.